The third-order valence-corrected chi connectivity index (χ3v) is 4.05. The summed E-state index contributed by atoms with van der Waals surface area (Å²) in [6.07, 6.45) is 5.56. The first-order valence-electron chi connectivity index (χ1n) is 6.81. The highest BCUT2D eigenvalue weighted by molar-refractivity contribution is 5.69. The Labute approximate surface area is 103 Å². The lowest BCUT2D eigenvalue weighted by Crippen LogP contribution is -2.63. The van der Waals surface area contributed by atoms with Crippen LogP contribution in [0.25, 0.3) is 0 Å². The van der Waals surface area contributed by atoms with E-state index in [0.717, 1.165) is 44.8 Å². The van der Waals surface area contributed by atoms with Gasteiger partial charge in [-0.1, -0.05) is 13.3 Å². The molecule has 0 radical (unpaired) electrons. The molecule has 0 aromatic carbocycles. The van der Waals surface area contributed by atoms with Crippen LogP contribution in [0.15, 0.2) is 0 Å². The number of hydrogen-bond acceptors (Lipinski definition) is 3. The van der Waals surface area contributed by atoms with Gasteiger partial charge in [0.05, 0.1) is 6.61 Å². The van der Waals surface area contributed by atoms with Gasteiger partial charge in [0.25, 0.3) is 0 Å². The Morgan fingerprint density at radius 2 is 2.18 bits per heavy atom. The molecule has 0 unspecified atom stereocenters. The van der Waals surface area contributed by atoms with Crippen molar-refractivity contribution in [2.75, 3.05) is 26.2 Å². The van der Waals surface area contributed by atoms with Crippen LogP contribution in [-0.2, 0) is 4.74 Å². The van der Waals surface area contributed by atoms with E-state index in [2.05, 4.69) is 6.92 Å². The molecule has 1 heterocycles. The van der Waals surface area contributed by atoms with Crippen molar-refractivity contribution in [3.8, 4) is 0 Å². The Hall–Kier alpha value is -0.770. The molecule has 1 saturated carbocycles. The minimum Gasteiger partial charge on any atom is -0.449 e. The fourth-order valence-corrected chi connectivity index (χ4v) is 3.15. The van der Waals surface area contributed by atoms with Crippen molar-refractivity contribution >= 4 is 6.09 Å². The molecule has 2 aliphatic rings. The number of amides is 1. The molecule has 0 aromatic rings. The second-order valence-electron chi connectivity index (χ2n) is 5.68. The Morgan fingerprint density at radius 3 is 2.76 bits per heavy atom. The van der Waals surface area contributed by atoms with E-state index in [1.54, 1.807) is 0 Å². The van der Waals surface area contributed by atoms with Gasteiger partial charge in [-0.3, -0.25) is 0 Å². The van der Waals surface area contributed by atoms with E-state index >= 15 is 0 Å². The van der Waals surface area contributed by atoms with Gasteiger partial charge in [-0.2, -0.15) is 0 Å². The van der Waals surface area contributed by atoms with E-state index in [-0.39, 0.29) is 6.09 Å². The summed E-state index contributed by atoms with van der Waals surface area (Å²) in [5.74, 6) is 0.804. The van der Waals surface area contributed by atoms with Crippen molar-refractivity contribution < 1.29 is 9.53 Å². The predicted molar refractivity (Wildman–Crippen MR) is 66.7 cm³/mol. The summed E-state index contributed by atoms with van der Waals surface area (Å²) in [7, 11) is 0. The first-order chi connectivity index (χ1) is 8.19. The number of nitrogens with two attached hydrogens (primary N) is 1. The van der Waals surface area contributed by atoms with Crippen LogP contribution >= 0.6 is 0 Å². The van der Waals surface area contributed by atoms with Gasteiger partial charge in [0.15, 0.2) is 0 Å². The van der Waals surface area contributed by atoms with Gasteiger partial charge in [-0.25, -0.2) is 4.79 Å². The minimum atomic E-state index is -0.119. The molecule has 2 fully saturated rings. The number of ether oxygens (including phenoxy) is 1. The monoisotopic (exact) mass is 240 g/mol. The van der Waals surface area contributed by atoms with E-state index < -0.39 is 0 Å². The number of carbonyl (C=O) groups excluding carboxylic acids is 1. The van der Waals surface area contributed by atoms with Gasteiger partial charge >= 0.3 is 6.09 Å². The first-order valence-corrected chi connectivity index (χ1v) is 6.81. The van der Waals surface area contributed by atoms with Crippen LogP contribution in [0.2, 0.25) is 0 Å². The second-order valence-corrected chi connectivity index (χ2v) is 5.68. The lowest BCUT2D eigenvalue weighted by atomic mass is 9.57. The van der Waals surface area contributed by atoms with E-state index in [1.807, 2.05) is 4.90 Å². The number of unbranched alkanes of at least 4 members (excludes halogenated alkanes) is 1. The Balaban J connectivity index is 1.61. The summed E-state index contributed by atoms with van der Waals surface area (Å²) in [6, 6.07) is 0. The van der Waals surface area contributed by atoms with Gasteiger partial charge in [-0.05, 0) is 38.1 Å². The third kappa shape index (κ3) is 2.73. The van der Waals surface area contributed by atoms with E-state index in [1.165, 1.54) is 12.8 Å². The molecule has 4 heteroatoms. The van der Waals surface area contributed by atoms with Crippen LogP contribution in [0.3, 0.4) is 0 Å². The number of carbonyl (C=O) groups is 1. The van der Waals surface area contributed by atoms with Gasteiger partial charge in [0.2, 0.25) is 0 Å². The highest BCUT2D eigenvalue weighted by atomic mass is 16.6. The quantitative estimate of drug-likeness (QED) is 0.748. The molecular formula is C13H24N2O2. The van der Waals surface area contributed by atoms with Gasteiger partial charge < -0.3 is 15.4 Å². The molecule has 1 aliphatic carbocycles. The Morgan fingerprint density at radius 1 is 1.47 bits per heavy atom. The highest BCUT2D eigenvalue weighted by Gasteiger charge is 2.53. The number of rotatable bonds is 5. The Bertz CT molecular complexity index is 267. The van der Waals surface area contributed by atoms with Crippen LogP contribution in [0, 0.1) is 11.3 Å². The van der Waals surface area contributed by atoms with Gasteiger partial charge in [0, 0.05) is 18.5 Å². The molecule has 1 saturated heterocycles. The lowest BCUT2D eigenvalue weighted by molar-refractivity contribution is -0.0858. The molecule has 4 nitrogen and oxygen atoms in total. The molecular weight excluding hydrogens is 216 g/mol. The third-order valence-electron chi connectivity index (χ3n) is 4.05. The van der Waals surface area contributed by atoms with E-state index in [0.29, 0.717) is 12.0 Å². The molecule has 0 bridgehead atoms. The summed E-state index contributed by atoms with van der Waals surface area (Å²) in [4.78, 5) is 13.5. The first kappa shape index (κ1) is 12.7. The van der Waals surface area contributed by atoms with Crippen LogP contribution in [0.5, 0.6) is 0 Å². The summed E-state index contributed by atoms with van der Waals surface area (Å²) in [6.45, 7) is 5.26. The van der Waals surface area contributed by atoms with E-state index in [9.17, 15) is 4.79 Å². The van der Waals surface area contributed by atoms with Gasteiger partial charge in [-0.15, -0.1) is 0 Å². The van der Waals surface area contributed by atoms with Crippen LogP contribution in [0.4, 0.5) is 4.79 Å². The SMILES string of the molecule is CCCCOC(=O)N1CC2(CC(CCN)C2)C1. The van der Waals surface area contributed by atoms with Crippen molar-refractivity contribution in [3.05, 3.63) is 0 Å². The zero-order chi connectivity index (χ0) is 12.3. The summed E-state index contributed by atoms with van der Waals surface area (Å²) in [5.41, 5.74) is 5.98. The molecule has 1 aliphatic heterocycles. The summed E-state index contributed by atoms with van der Waals surface area (Å²) < 4.78 is 5.19. The Kier molecular flexibility index (Phi) is 3.92. The van der Waals surface area contributed by atoms with Crippen LogP contribution in [-0.4, -0.2) is 37.2 Å². The molecule has 17 heavy (non-hydrogen) atoms. The van der Waals surface area contributed by atoms with E-state index in [4.69, 9.17) is 10.5 Å². The zero-order valence-electron chi connectivity index (χ0n) is 10.8. The topological polar surface area (TPSA) is 55.6 Å². The van der Waals surface area contributed by atoms with Crippen molar-refractivity contribution in [2.45, 2.75) is 39.0 Å². The normalized spacial score (nSPS) is 22.1. The largest absolute Gasteiger partial charge is 0.449 e. The maximum Gasteiger partial charge on any atom is 0.409 e. The average molecular weight is 240 g/mol. The molecule has 0 aromatic heterocycles. The zero-order valence-corrected chi connectivity index (χ0v) is 10.8. The molecule has 2 N–H and O–H groups in total. The smallest absolute Gasteiger partial charge is 0.409 e. The number of nitrogens with zero attached hydrogens (tertiary/aromatic N) is 1. The predicted octanol–water partition coefficient (Wildman–Crippen LogP) is 1.98. The molecule has 1 amide bonds. The molecule has 0 atom stereocenters. The summed E-state index contributed by atoms with van der Waals surface area (Å²) >= 11 is 0. The molecule has 2 rings (SSSR count). The van der Waals surface area contributed by atoms with Crippen LogP contribution in [0.1, 0.15) is 39.0 Å². The summed E-state index contributed by atoms with van der Waals surface area (Å²) in [5, 5.41) is 0. The van der Waals surface area contributed by atoms with Gasteiger partial charge in [0.1, 0.15) is 0 Å². The maximum absolute atomic E-state index is 11.6. The highest BCUT2D eigenvalue weighted by Crippen LogP contribution is 2.52. The van der Waals surface area contributed by atoms with Crippen molar-refractivity contribution in [1.29, 1.82) is 0 Å². The molecule has 1 spiro atoms. The van der Waals surface area contributed by atoms with Crippen LogP contribution < -0.4 is 5.73 Å². The number of hydrogen-bond donors (Lipinski definition) is 1. The standard InChI is InChI=1S/C13H24N2O2/c1-2-3-6-17-12(16)15-9-13(10-15)7-11(8-13)4-5-14/h11H,2-10,14H2,1H3. The maximum atomic E-state index is 11.6. The fourth-order valence-electron chi connectivity index (χ4n) is 3.15. The van der Waals surface area contributed by atoms with Crippen molar-refractivity contribution in [3.63, 3.8) is 0 Å². The van der Waals surface area contributed by atoms with Crippen molar-refractivity contribution in [2.24, 2.45) is 17.1 Å². The minimum absolute atomic E-state index is 0.119. The fraction of sp³-hybridized carbons (Fsp3) is 0.923. The average Bonchev–Trinajstić information content (AvgIpc) is 2.19. The number of likely N-dealkylation sites (tertiary alicyclic amines) is 1. The van der Waals surface area contributed by atoms with Crippen molar-refractivity contribution in [1.82, 2.24) is 4.90 Å². The molecule has 98 valence electrons. The lowest BCUT2D eigenvalue weighted by Gasteiger charge is -2.58. The second kappa shape index (κ2) is 5.25.